The van der Waals surface area contributed by atoms with Gasteiger partial charge in [0.2, 0.25) is 0 Å². The second-order valence-corrected chi connectivity index (χ2v) is 24.6. The monoisotopic (exact) mass is 1320 g/mol. The first-order valence-electron chi connectivity index (χ1n) is 31.9. The molecule has 486 valence electrons. The number of nitrogens with zero attached hydrogens (tertiary/aromatic N) is 7. The van der Waals surface area contributed by atoms with Crippen LogP contribution < -0.4 is 19.8 Å². The predicted molar refractivity (Wildman–Crippen MR) is 403 cm³/mol. The lowest BCUT2D eigenvalue weighted by atomic mass is 9.84. The molecule has 0 saturated carbocycles. The van der Waals surface area contributed by atoms with E-state index in [1.807, 2.05) is 302 Å². The molecule has 11 aromatic rings. The van der Waals surface area contributed by atoms with E-state index < -0.39 is 8.07 Å². The molecule has 17 heteroatoms. The van der Waals surface area contributed by atoms with Crippen molar-refractivity contribution in [1.29, 1.82) is 0 Å². The average molecular weight is 1320 g/mol. The fraction of sp³-hybridized carbons (Fsp3) is 0.457. The highest BCUT2D eigenvalue weighted by atomic mass is 32.1. The Morgan fingerprint density at radius 3 is 1.05 bits per heavy atom. The van der Waals surface area contributed by atoms with Crippen molar-refractivity contribution in [3.05, 3.63) is 140 Å². The summed E-state index contributed by atoms with van der Waals surface area (Å²) in [5.41, 5.74) is 8.75. The molecule has 0 spiro atoms. The van der Waals surface area contributed by atoms with Gasteiger partial charge >= 0.3 is 0 Å². The summed E-state index contributed by atoms with van der Waals surface area (Å²) in [5, 5.41) is 31.6. The van der Waals surface area contributed by atoms with E-state index in [2.05, 4.69) is 107 Å². The molecule has 0 saturated heterocycles. The van der Waals surface area contributed by atoms with Crippen LogP contribution in [0.2, 0.25) is 13.1 Å². The summed E-state index contributed by atoms with van der Waals surface area (Å²) < 4.78 is 23.1. The summed E-state index contributed by atoms with van der Waals surface area (Å²) >= 11 is 10.4. The highest BCUT2D eigenvalue weighted by molar-refractivity contribution is 7.27. The third-order valence-electron chi connectivity index (χ3n) is 10.7. The van der Waals surface area contributed by atoms with E-state index >= 15 is 0 Å². The van der Waals surface area contributed by atoms with Gasteiger partial charge in [-0.2, -0.15) is 23.7 Å². The largest absolute Gasteiger partial charge is 0.485 e. The van der Waals surface area contributed by atoms with Crippen molar-refractivity contribution in [2.24, 2.45) is 7.05 Å². The minimum Gasteiger partial charge on any atom is -0.485 e. The van der Waals surface area contributed by atoms with Crippen LogP contribution in [0.3, 0.4) is 0 Å². The quantitative estimate of drug-likeness (QED) is 0.137. The molecule has 0 radical (unpaired) electrons. The summed E-state index contributed by atoms with van der Waals surface area (Å²) in [7, 11) is 0.563. The lowest BCUT2D eigenvalue weighted by Gasteiger charge is -2.18. The van der Waals surface area contributed by atoms with Crippen LogP contribution in [-0.2, 0) is 12.5 Å². The Hall–Kier alpha value is -5.40. The zero-order valence-electron chi connectivity index (χ0n) is 58.9. The number of aryl methyl sites for hydroxylation is 1. The van der Waals surface area contributed by atoms with Crippen LogP contribution in [0.4, 0.5) is 0 Å². The van der Waals surface area contributed by atoms with Gasteiger partial charge in [0.05, 0.1) is 11.7 Å². The van der Waals surface area contributed by atoms with Gasteiger partial charge in [-0.1, -0.05) is 242 Å². The van der Waals surface area contributed by atoms with Gasteiger partial charge in [0.15, 0.2) is 11.5 Å². The number of ether oxygens (including phenoxy) is 2. The summed E-state index contributed by atoms with van der Waals surface area (Å²) in [5.74, 6) is 1.79. The molecule has 3 aromatic carbocycles. The third-order valence-corrected chi connectivity index (χ3v) is 19.8. The zero-order valence-corrected chi connectivity index (χ0v) is 64.8. The van der Waals surface area contributed by atoms with Crippen molar-refractivity contribution < 1.29 is 14.1 Å². The van der Waals surface area contributed by atoms with Gasteiger partial charge in [0, 0.05) is 42.7 Å². The number of hydrogen-bond acceptors (Lipinski definition) is 15. The van der Waals surface area contributed by atoms with Crippen molar-refractivity contribution in [2.45, 2.75) is 199 Å². The minimum absolute atomic E-state index is 0.241. The standard InChI is InChI=1S/C11H10S2.C10H10S2Si.C7H7N3.C6H4N2O.C6H4N2S.C6H6O2S.12C2H6/c1-11(2)7-3-5-12-9(7)10-8(11)4-6-13-10;1-13(2)7-3-5-11-9(7)10-8(13)4-6-12-10;1-10-8-6-4-2-3-5-7(6)9-10;2*1-2-4-6-5(3-1)7-9-8-6;1-2-8-6-4-9-3-5(6)7-1;12*1-2/h2*3-6H,1-2H3;2-5H,1H3;2*1-4H;3-4H,1-2H2;12*1-2H3. The second-order valence-electron chi connectivity index (χ2n) is 15.4. The summed E-state index contributed by atoms with van der Waals surface area (Å²) in [6.45, 7) is 58.9. The molecule has 14 rings (SSSR count). The molecular formula is C70H113N7O3S6Si. The van der Waals surface area contributed by atoms with Crippen LogP contribution in [0.5, 0.6) is 11.5 Å². The normalized spacial score (nSPS) is 10.9. The van der Waals surface area contributed by atoms with E-state index in [9.17, 15) is 0 Å². The Kier molecular flexibility index (Phi) is 55.4. The first-order valence-corrected chi connectivity index (χ1v) is 40.1. The lowest BCUT2D eigenvalue weighted by molar-refractivity contribution is 0.173. The van der Waals surface area contributed by atoms with Gasteiger partial charge in [0.25, 0.3) is 0 Å². The fourth-order valence-electron chi connectivity index (χ4n) is 7.41. The molecule has 0 bridgehead atoms. The molecule has 0 unspecified atom stereocenters. The number of thiophene rings is 5. The van der Waals surface area contributed by atoms with Crippen LogP contribution in [0, 0.1) is 0 Å². The SMILES string of the molecule is CC.CC.CC.CC.CC.CC.CC.CC.CC.CC.CC.CC.CC1(C)c2ccsc2-c2sccc21.C[Si]1(C)c2ccsc2-c2sccc21.Cn1nc2ccccc2n1.c1ccc2nonc2c1.c1ccc2nsnc2c1.c1scc2c1OCCO2. The molecule has 10 nitrogen and oxygen atoms in total. The van der Waals surface area contributed by atoms with Crippen LogP contribution >= 0.6 is 68.4 Å². The maximum Gasteiger partial charge on any atom is 0.172 e. The van der Waals surface area contributed by atoms with E-state index in [1.54, 1.807) is 36.3 Å². The van der Waals surface area contributed by atoms with Crippen molar-refractivity contribution in [3.63, 3.8) is 0 Å². The minimum atomic E-state index is -1.26. The Morgan fingerprint density at radius 2 is 0.701 bits per heavy atom. The maximum atomic E-state index is 5.25. The van der Waals surface area contributed by atoms with Crippen molar-refractivity contribution in [3.8, 4) is 31.0 Å². The number of aromatic nitrogens is 7. The number of rotatable bonds is 0. The van der Waals surface area contributed by atoms with E-state index in [1.165, 1.54) is 32.6 Å². The van der Waals surface area contributed by atoms with Gasteiger partial charge in [-0.3, -0.25) is 0 Å². The van der Waals surface area contributed by atoms with E-state index in [0.717, 1.165) is 44.6 Å². The zero-order chi connectivity index (χ0) is 67.4. The molecule has 10 heterocycles. The molecule has 0 fully saturated rings. The molecule has 1 aliphatic carbocycles. The Morgan fingerprint density at radius 1 is 0.402 bits per heavy atom. The number of fused-ring (bicyclic) bond motifs is 10. The van der Waals surface area contributed by atoms with Gasteiger partial charge in [0.1, 0.15) is 54.4 Å². The molecular weight excluding hydrogens is 1210 g/mol. The third kappa shape index (κ3) is 26.7. The van der Waals surface area contributed by atoms with Gasteiger partial charge in [-0.05, 0) is 102 Å². The fourth-order valence-corrected chi connectivity index (χ4v) is 17.7. The molecule has 0 N–H and O–H groups in total. The first-order chi connectivity index (χ1) is 42.7. The Balaban J connectivity index is -0.000000446. The summed E-state index contributed by atoms with van der Waals surface area (Å²) in [6.07, 6.45) is 0. The number of hydrogen-bond donors (Lipinski definition) is 0. The molecule has 0 amide bonds. The highest BCUT2D eigenvalue weighted by Gasteiger charge is 2.39. The van der Waals surface area contributed by atoms with Crippen molar-refractivity contribution in [1.82, 2.24) is 34.1 Å². The molecule has 87 heavy (non-hydrogen) atoms. The van der Waals surface area contributed by atoms with Crippen molar-refractivity contribution in [2.75, 3.05) is 13.2 Å². The average Bonchev–Trinajstić information content (AvgIpc) is 1.62. The molecule has 8 aromatic heterocycles. The maximum absolute atomic E-state index is 5.25. The van der Waals surface area contributed by atoms with Crippen LogP contribution in [-0.4, -0.2) is 55.3 Å². The lowest BCUT2D eigenvalue weighted by Crippen LogP contribution is -2.48. The van der Waals surface area contributed by atoms with Crippen molar-refractivity contribution >= 4 is 120 Å². The van der Waals surface area contributed by atoms with Gasteiger partial charge in [-0.25, -0.2) is 4.63 Å². The Bertz CT molecular complexity index is 2880. The summed E-state index contributed by atoms with van der Waals surface area (Å²) in [4.78, 5) is 7.68. The van der Waals surface area contributed by atoms with E-state index in [0.29, 0.717) is 13.2 Å². The highest BCUT2D eigenvalue weighted by Crippen LogP contribution is 2.53. The molecule has 2 aliphatic heterocycles. The topological polar surface area (TPSA) is 114 Å². The van der Waals surface area contributed by atoms with E-state index in [-0.39, 0.29) is 5.41 Å². The summed E-state index contributed by atoms with van der Waals surface area (Å²) in [6, 6.07) is 32.3. The van der Waals surface area contributed by atoms with Crippen LogP contribution in [0.25, 0.3) is 52.6 Å². The molecule has 0 atom stereocenters. The van der Waals surface area contributed by atoms with Crippen LogP contribution in [0.15, 0.2) is 134 Å². The second kappa shape index (κ2) is 54.7. The van der Waals surface area contributed by atoms with Gasteiger partial charge < -0.3 is 9.47 Å². The van der Waals surface area contributed by atoms with Crippen LogP contribution in [0.1, 0.15) is 191 Å². The molecule has 3 aliphatic rings. The van der Waals surface area contributed by atoms with Gasteiger partial charge in [-0.15, -0.1) is 56.7 Å². The first kappa shape index (κ1) is 88.0. The van der Waals surface area contributed by atoms with E-state index in [4.69, 9.17) is 9.47 Å². The smallest absolute Gasteiger partial charge is 0.172 e. The number of benzene rings is 3. The Labute approximate surface area is 554 Å². The predicted octanol–water partition coefficient (Wildman–Crippen LogP) is 24.4.